The lowest BCUT2D eigenvalue weighted by Crippen LogP contribution is -2.22. The summed E-state index contributed by atoms with van der Waals surface area (Å²) in [6.07, 6.45) is 1.53. The topological polar surface area (TPSA) is 116 Å². The largest absolute Gasteiger partial charge is 0.456 e. The number of hydrogen-bond donors (Lipinski definition) is 1. The molecule has 0 atom stereocenters. The molecular formula is C17H20N2O6S. The molecular weight excluding hydrogens is 360 g/mol. The van der Waals surface area contributed by atoms with E-state index in [1.165, 1.54) is 12.1 Å². The standard InChI is InChI=1S/C17H20N2O6S/c1-11-13(12(2)25-19-11)8-9-17(21)24-10-16(20)18-14-6-4-5-7-15(14)26(3,22)23/h4-7H,8-10H2,1-3H3,(H,18,20). The van der Waals surface area contributed by atoms with Crippen LogP contribution in [0.1, 0.15) is 23.4 Å². The number of carbonyl (C=O) groups excluding carboxylic acids is 2. The molecule has 1 amide bonds. The molecule has 0 fully saturated rings. The van der Waals surface area contributed by atoms with Crippen molar-refractivity contribution in [3.8, 4) is 0 Å². The Balaban J connectivity index is 1.87. The Morgan fingerprint density at radius 3 is 2.54 bits per heavy atom. The quantitative estimate of drug-likeness (QED) is 0.728. The highest BCUT2D eigenvalue weighted by molar-refractivity contribution is 7.90. The molecule has 0 spiro atoms. The van der Waals surface area contributed by atoms with E-state index in [1.807, 2.05) is 0 Å². The Bertz CT molecular complexity index is 898. The predicted octanol–water partition coefficient (Wildman–Crippen LogP) is 1.81. The number of benzene rings is 1. The molecule has 2 rings (SSSR count). The van der Waals surface area contributed by atoms with Crippen molar-refractivity contribution in [2.75, 3.05) is 18.2 Å². The van der Waals surface area contributed by atoms with Crippen molar-refractivity contribution in [3.63, 3.8) is 0 Å². The molecule has 1 N–H and O–H groups in total. The first-order valence-electron chi connectivity index (χ1n) is 7.85. The fourth-order valence-corrected chi connectivity index (χ4v) is 3.23. The number of aryl methyl sites for hydroxylation is 2. The minimum absolute atomic E-state index is 0.00177. The van der Waals surface area contributed by atoms with Gasteiger partial charge in [0.25, 0.3) is 5.91 Å². The number of aromatic nitrogens is 1. The highest BCUT2D eigenvalue weighted by Crippen LogP contribution is 2.20. The average molecular weight is 380 g/mol. The molecule has 140 valence electrons. The summed E-state index contributed by atoms with van der Waals surface area (Å²) in [4.78, 5) is 23.7. The van der Waals surface area contributed by atoms with Gasteiger partial charge in [-0.1, -0.05) is 17.3 Å². The number of rotatable bonds is 7. The van der Waals surface area contributed by atoms with Crippen LogP contribution in [0.2, 0.25) is 0 Å². The van der Waals surface area contributed by atoms with Gasteiger partial charge in [-0.3, -0.25) is 9.59 Å². The summed E-state index contributed by atoms with van der Waals surface area (Å²) in [5.41, 5.74) is 1.70. The van der Waals surface area contributed by atoms with E-state index in [-0.39, 0.29) is 17.0 Å². The molecule has 2 aromatic rings. The zero-order valence-corrected chi connectivity index (χ0v) is 15.6. The van der Waals surface area contributed by atoms with Gasteiger partial charge in [0.05, 0.1) is 16.3 Å². The molecule has 1 aromatic carbocycles. The molecule has 8 nitrogen and oxygen atoms in total. The molecule has 0 aliphatic carbocycles. The van der Waals surface area contributed by atoms with Gasteiger partial charge in [0.2, 0.25) is 0 Å². The third-order valence-electron chi connectivity index (χ3n) is 3.69. The van der Waals surface area contributed by atoms with Crippen molar-refractivity contribution in [2.24, 2.45) is 0 Å². The zero-order chi connectivity index (χ0) is 19.3. The van der Waals surface area contributed by atoms with Gasteiger partial charge in [0.15, 0.2) is 16.4 Å². The molecule has 0 unspecified atom stereocenters. The van der Waals surface area contributed by atoms with Gasteiger partial charge in [-0.25, -0.2) is 8.42 Å². The SMILES string of the molecule is Cc1noc(C)c1CCC(=O)OCC(=O)Nc1ccccc1S(C)(=O)=O. The van der Waals surface area contributed by atoms with Crippen LogP contribution in [-0.4, -0.2) is 38.3 Å². The Kier molecular flexibility index (Phi) is 6.14. The fraction of sp³-hybridized carbons (Fsp3) is 0.353. The van der Waals surface area contributed by atoms with E-state index >= 15 is 0 Å². The molecule has 9 heteroatoms. The maximum absolute atomic E-state index is 11.9. The number of carbonyl (C=O) groups is 2. The normalized spacial score (nSPS) is 11.2. The number of ether oxygens (including phenoxy) is 1. The van der Waals surface area contributed by atoms with Crippen LogP contribution >= 0.6 is 0 Å². The van der Waals surface area contributed by atoms with Crippen LogP contribution in [0.5, 0.6) is 0 Å². The second kappa shape index (κ2) is 8.13. The van der Waals surface area contributed by atoms with E-state index in [0.717, 1.165) is 11.8 Å². The summed E-state index contributed by atoms with van der Waals surface area (Å²) in [5, 5.41) is 6.24. The van der Waals surface area contributed by atoms with Crippen molar-refractivity contribution in [3.05, 3.63) is 41.3 Å². The maximum Gasteiger partial charge on any atom is 0.306 e. The highest BCUT2D eigenvalue weighted by atomic mass is 32.2. The number of esters is 1. The molecule has 0 radical (unpaired) electrons. The van der Waals surface area contributed by atoms with E-state index in [0.29, 0.717) is 17.9 Å². The monoisotopic (exact) mass is 380 g/mol. The number of nitrogens with zero attached hydrogens (tertiary/aromatic N) is 1. The van der Waals surface area contributed by atoms with Gasteiger partial charge in [0, 0.05) is 18.2 Å². The van der Waals surface area contributed by atoms with E-state index in [2.05, 4.69) is 10.5 Å². The van der Waals surface area contributed by atoms with Crippen LogP contribution in [0.4, 0.5) is 5.69 Å². The Labute approximate surface area is 151 Å². The molecule has 0 aliphatic rings. The predicted molar refractivity (Wildman–Crippen MR) is 93.4 cm³/mol. The summed E-state index contributed by atoms with van der Waals surface area (Å²) in [6, 6.07) is 6.01. The van der Waals surface area contributed by atoms with Gasteiger partial charge in [-0.05, 0) is 32.4 Å². The molecule has 26 heavy (non-hydrogen) atoms. The van der Waals surface area contributed by atoms with Crippen LogP contribution in [0.25, 0.3) is 0 Å². The number of para-hydroxylation sites is 1. The van der Waals surface area contributed by atoms with E-state index < -0.39 is 28.3 Å². The third-order valence-corrected chi connectivity index (χ3v) is 4.84. The lowest BCUT2D eigenvalue weighted by atomic mass is 10.1. The van der Waals surface area contributed by atoms with Gasteiger partial charge in [-0.15, -0.1) is 0 Å². The van der Waals surface area contributed by atoms with E-state index in [4.69, 9.17) is 9.26 Å². The van der Waals surface area contributed by atoms with Crippen molar-refractivity contribution < 1.29 is 27.3 Å². The number of anilines is 1. The number of nitrogens with one attached hydrogen (secondary N) is 1. The lowest BCUT2D eigenvalue weighted by Gasteiger charge is -2.10. The highest BCUT2D eigenvalue weighted by Gasteiger charge is 2.16. The molecule has 0 aliphatic heterocycles. The zero-order valence-electron chi connectivity index (χ0n) is 14.7. The summed E-state index contributed by atoms with van der Waals surface area (Å²) >= 11 is 0. The van der Waals surface area contributed by atoms with Crippen molar-refractivity contribution >= 4 is 27.4 Å². The van der Waals surface area contributed by atoms with Gasteiger partial charge in [0.1, 0.15) is 5.76 Å². The minimum atomic E-state index is -3.49. The van der Waals surface area contributed by atoms with Gasteiger partial charge < -0.3 is 14.6 Å². The van der Waals surface area contributed by atoms with Gasteiger partial charge >= 0.3 is 5.97 Å². The van der Waals surface area contributed by atoms with Crippen LogP contribution in [0, 0.1) is 13.8 Å². The van der Waals surface area contributed by atoms with Crippen LogP contribution in [-0.2, 0) is 30.6 Å². The summed E-state index contributed by atoms with van der Waals surface area (Å²) < 4.78 is 33.4. The van der Waals surface area contributed by atoms with Gasteiger partial charge in [-0.2, -0.15) is 0 Å². The number of sulfone groups is 1. The van der Waals surface area contributed by atoms with Crippen molar-refractivity contribution in [1.29, 1.82) is 0 Å². The van der Waals surface area contributed by atoms with Crippen molar-refractivity contribution in [2.45, 2.75) is 31.6 Å². The summed E-state index contributed by atoms with van der Waals surface area (Å²) in [7, 11) is -3.49. The molecule has 1 aromatic heterocycles. The fourth-order valence-electron chi connectivity index (χ4n) is 2.38. The second-order valence-electron chi connectivity index (χ2n) is 5.78. The van der Waals surface area contributed by atoms with Crippen molar-refractivity contribution in [1.82, 2.24) is 5.16 Å². The first-order chi connectivity index (χ1) is 12.2. The van der Waals surface area contributed by atoms with Crippen LogP contribution in [0.15, 0.2) is 33.7 Å². The molecule has 0 saturated carbocycles. The van der Waals surface area contributed by atoms with E-state index in [9.17, 15) is 18.0 Å². The number of hydrogen-bond acceptors (Lipinski definition) is 7. The minimum Gasteiger partial charge on any atom is -0.456 e. The maximum atomic E-state index is 11.9. The Morgan fingerprint density at radius 1 is 1.23 bits per heavy atom. The van der Waals surface area contributed by atoms with Crippen LogP contribution in [0.3, 0.4) is 0 Å². The first kappa shape index (κ1) is 19.6. The second-order valence-corrected chi connectivity index (χ2v) is 7.76. The molecule has 0 bridgehead atoms. The van der Waals surface area contributed by atoms with E-state index in [1.54, 1.807) is 26.0 Å². The first-order valence-corrected chi connectivity index (χ1v) is 9.74. The number of amides is 1. The smallest absolute Gasteiger partial charge is 0.306 e. The average Bonchev–Trinajstić information content (AvgIpc) is 2.89. The Morgan fingerprint density at radius 2 is 1.92 bits per heavy atom. The summed E-state index contributed by atoms with van der Waals surface area (Å²) in [5.74, 6) is -0.520. The van der Waals surface area contributed by atoms with Crippen LogP contribution < -0.4 is 5.32 Å². The molecule has 0 saturated heterocycles. The Hall–Kier alpha value is -2.68. The summed E-state index contributed by atoms with van der Waals surface area (Å²) in [6.45, 7) is 3.04. The molecule has 1 heterocycles. The third kappa shape index (κ3) is 5.16. The lowest BCUT2D eigenvalue weighted by molar-refractivity contribution is -0.147.